The fourth-order valence-electron chi connectivity index (χ4n) is 2.51. The molecule has 1 atom stereocenters. The molecule has 7 heteroatoms. The number of cyclic esters (lactones) is 1. The van der Waals surface area contributed by atoms with E-state index >= 15 is 0 Å². The molecule has 0 radical (unpaired) electrons. The number of hydrogen-bond acceptors (Lipinski definition) is 5. The molecule has 2 aliphatic heterocycles. The molecule has 0 bridgehead atoms. The molecule has 2 saturated heterocycles. The molecule has 1 N–H and O–H groups in total. The van der Waals surface area contributed by atoms with Gasteiger partial charge in [-0.25, -0.2) is 4.79 Å². The Morgan fingerprint density at radius 3 is 3.14 bits per heavy atom. The van der Waals surface area contributed by atoms with Crippen molar-refractivity contribution in [3.05, 3.63) is 28.0 Å². The molecule has 21 heavy (non-hydrogen) atoms. The third kappa shape index (κ3) is 2.93. The Kier molecular flexibility index (Phi) is 3.94. The fourth-order valence-corrected chi connectivity index (χ4v) is 3.31. The van der Waals surface area contributed by atoms with E-state index < -0.39 is 0 Å². The highest BCUT2D eigenvalue weighted by atomic mass is 32.1. The van der Waals surface area contributed by atoms with Gasteiger partial charge in [-0.3, -0.25) is 9.69 Å². The lowest BCUT2D eigenvalue weighted by molar-refractivity contribution is -0.128. The van der Waals surface area contributed by atoms with Gasteiger partial charge in [0.2, 0.25) is 5.91 Å². The van der Waals surface area contributed by atoms with Crippen molar-refractivity contribution >= 4 is 29.4 Å². The van der Waals surface area contributed by atoms with Crippen LogP contribution in [0.1, 0.15) is 10.4 Å². The first-order valence-corrected chi connectivity index (χ1v) is 7.64. The molecule has 0 aromatic carbocycles. The zero-order valence-corrected chi connectivity index (χ0v) is 12.2. The minimum Gasteiger partial charge on any atom is -0.447 e. The number of amides is 2. The van der Waals surface area contributed by atoms with E-state index in [2.05, 4.69) is 0 Å². The van der Waals surface area contributed by atoms with Gasteiger partial charge in [0, 0.05) is 30.6 Å². The first kappa shape index (κ1) is 14.1. The number of carbonyl (C=O) groups is 2. The molecule has 112 valence electrons. The van der Waals surface area contributed by atoms with Crippen LogP contribution in [0.4, 0.5) is 4.79 Å². The van der Waals surface area contributed by atoms with Crippen LogP contribution in [0.3, 0.4) is 0 Å². The zero-order chi connectivity index (χ0) is 14.8. The summed E-state index contributed by atoms with van der Waals surface area (Å²) in [6.45, 7) is 1.94. The van der Waals surface area contributed by atoms with Crippen molar-refractivity contribution in [3.63, 3.8) is 0 Å². The van der Waals surface area contributed by atoms with E-state index in [1.807, 2.05) is 11.4 Å². The molecule has 0 aliphatic carbocycles. The number of carbonyl (C=O) groups excluding carboxylic acids is 2. The topological polar surface area (TPSA) is 70.1 Å². The van der Waals surface area contributed by atoms with E-state index in [0.29, 0.717) is 26.2 Å². The number of fused-ring (bicyclic) bond motifs is 1. The van der Waals surface area contributed by atoms with Crippen molar-refractivity contribution in [3.8, 4) is 0 Å². The SMILES string of the molecule is O=C(C=Cc1cc(CO)cs1)N1CCN2C(=O)OCC2C1. The highest BCUT2D eigenvalue weighted by Crippen LogP contribution is 2.19. The maximum absolute atomic E-state index is 12.2. The summed E-state index contributed by atoms with van der Waals surface area (Å²) in [6, 6.07) is 1.84. The first-order chi connectivity index (χ1) is 10.2. The second-order valence-electron chi connectivity index (χ2n) is 5.06. The summed E-state index contributed by atoms with van der Waals surface area (Å²) >= 11 is 1.49. The number of nitrogens with zero attached hydrogens (tertiary/aromatic N) is 2. The Balaban J connectivity index is 1.59. The van der Waals surface area contributed by atoms with Gasteiger partial charge in [-0.2, -0.15) is 0 Å². The average molecular weight is 308 g/mol. The van der Waals surface area contributed by atoms with Crippen LogP contribution in [-0.4, -0.2) is 59.2 Å². The number of piperazine rings is 1. The van der Waals surface area contributed by atoms with Crippen molar-refractivity contribution < 1.29 is 19.4 Å². The molecular weight excluding hydrogens is 292 g/mol. The molecule has 2 amide bonds. The Bertz CT molecular complexity index is 583. The lowest BCUT2D eigenvalue weighted by Gasteiger charge is -2.34. The van der Waals surface area contributed by atoms with E-state index in [1.165, 1.54) is 11.3 Å². The molecule has 2 fully saturated rings. The van der Waals surface area contributed by atoms with Gasteiger partial charge in [0.1, 0.15) is 6.61 Å². The molecule has 1 aromatic rings. The molecule has 0 saturated carbocycles. The van der Waals surface area contributed by atoms with Gasteiger partial charge in [0.15, 0.2) is 0 Å². The second-order valence-corrected chi connectivity index (χ2v) is 6.00. The largest absolute Gasteiger partial charge is 0.447 e. The number of rotatable bonds is 3. The lowest BCUT2D eigenvalue weighted by Crippen LogP contribution is -2.53. The number of hydrogen-bond donors (Lipinski definition) is 1. The summed E-state index contributed by atoms with van der Waals surface area (Å²) in [7, 11) is 0. The Hall–Kier alpha value is -1.86. The van der Waals surface area contributed by atoms with Crippen molar-refractivity contribution in [2.45, 2.75) is 12.6 Å². The number of aliphatic hydroxyl groups is 1. The lowest BCUT2D eigenvalue weighted by atomic mass is 10.2. The fraction of sp³-hybridized carbons (Fsp3) is 0.429. The summed E-state index contributed by atoms with van der Waals surface area (Å²) in [5.41, 5.74) is 0.849. The minimum atomic E-state index is -0.280. The minimum absolute atomic E-state index is 0.00988. The highest BCUT2D eigenvalue weighted by molar-refractivity contribution is 7.11. The van der Waals surface area contributed by atoms with Crippen LogP contribution < -0.4 is 0 Å². The van der Waals surface area contributed by atoms with Gasteiger partial charge in [0.25, 0.3) is 0 Å². The molecule has 6 nitrogen and oxygen atoms in total. The van der Waals surface area contributed by atoms with E-state index in [4.69, 9.17) is 9.84 Å². The van der Waals surface area contributed by atoms with Crippen LogP contribution in [0.15, 0.2) is 17.5 Å². The average Bonchev–Trinajstić information content (AvgIpc) is 3.11. The summed E-state index contributed by atoms with van der Waals surface area (Å²) in [5, 5.41) is 10.9. The Labute approximate surface area is 126 Å². The summed E-state index contributed by atoms with van der Waals surface area (Å²) in [4.78, 5) is 27.9. The van der Waals surface area contributed by atoms with Crippen LogP contribution in [0, 0.1) is 0 Å². The summed E-state index contributed by atoms with van der Waals surface area (Å²) in [6.07, 6.45) is 3.02. The molecule has 0 spiro atoms. The van der Waals surface area contributed by atoms with Crippen molar-refractivity contribution in [1.29, 1.82) is 0 Å². The van der Waals surface area contributed by atoms with Crippen molar-refractivity contribution in [2.75, 3.05) is 26.2 Å². The van der Waals surface area contributed by atoms with Gasteiger partial charge in [-0.1, -0.05) is 0 Å². The molecule has 1 aromatic heterocycles. The summed E-state index contributed by atoms with van der Waals surface area (Å²) in [5.74, 6) is -0.0621. The summed E-state index contributed by atoms with van der Waals surface area (Å²) < 4.78 is 4.98. The molecule has 2 aliphatic rings. The van der Waals surface area contributed by atoms with Crippen LogP contribution in [-0.2, 0) is 16.1 Å². The normalized spacial score (nSPS) is 21.8. The highest BCUT2D eigenvalue weighted by Gasteiger charge is 2.38. The van der Waals surface area contributed by atoms with E-state index in [0.717, 1.165) is 10.4 Å². The maximum Gasteiger partial charge on any atom is 0.410 e. The van der Waals surface area contributed by atoms with Crippen LogP contribution in [0.2, 0.25) is 0 Å². The quantitative estimate of drug-likeness (QED) is 0.843. The Morgan fingerprint density at radius 2 is 2.38 bits per heavy atom. The van der Waals surface area contributed by atoms with Crippen LogP contribution in [0.25, 0.3) is 6.08 Å². The van der Waals surface area contributed by atoms with Gasteiger partial charge in [0.05, 0.1) is 12.6 Å². The third-order valence-corrected chi connectivity index (χ3v) is 4.62. The van der Waals surface area contributed by atoms with Crippen LogP contribution in [0.5, 0.6) is 0 Å². The predicted molar refractivity (Wildman–Crippen MR) is 77.7 cm³/mol. The number of aliphatic hydroxyl groups excluding tert-OH is 1. The van der Waals surface area contributed by atoms with Crippen molar-refractivity contribution in [1.82, 2.24) is 9.80 Å². The first-order valence-electron chi connectivity index (χ1n) is 6.76. The zero-order valence-electron chi connectivity index (χ0n) is 11.4. The molecule has 3 heterocycles. The molecule has 3 rings (SSSR count). The van der Waals surface area contributed by atoms with E-state index in [9.17, 15) is 9.59 Å². The smallest absolute Gasteiger partial charge is 0.410 e. The van der Waals surface area contributed by atoms with Gasteiger partial charge >= 0.3 is 6.09 Å². The maximum atomic E-state index is 12.2. The standard InChI is InChI=1S/C14H16N2O4S/c17-7-10-5-12(21-9-10)1-2-13(18)15-3-4-16-11(6-15)8-20-14(16)19/h1-2,5,9,11,17H,3-4,6-8H2. The molecular formula is C14H16N2O4S. The predicted octanol–water partition coefficient (Wildman–Crippen LogP) is 0.917. The monoisotopic (exact) mass is 308 g/mol. The van der Waals surface area contributed by atoms with Gasteiger partial charge in [-0.15, -0.1) is 11.3 Å². The number of ether oxygens (including phenoxy) is 1. The number of thiophene rings is 1. The van der Waals surface area contributed by atoms with Crippen molar-refractivity contribution in [2.24, 2.45) is 0 Å². The van der Waals surface area contributed by atoms with Crippen LogP contribution >= 0.6 is 11.3 Å². The van der Waals surface area contributed by atoms with E-state index in [-0.39, 0.29) is 24.6 Å². The molecule has 1 unspecified atom stereocenters. The van der Waals surface area contributed by atoms with Gasteiger partial charge < -0.3 is 14.7 Å². The Morgan fingerprint density at radius 1 is 1.52 bits per heavy atom. The second kappa shape index (κ2) is 5.87. The third-order valence-electron chi connectivity index (χ3n) is 3.67. The van der Waals surface area contributed by atoms with E-state index in [1.54, 1.807) is 22.0 Å². The van der Waals surface area contributed by atoms with Gasteiger partial charge in [-0.05, 0) is 23.1 Å².